The minimum Gasteiger partial charge on any atom is -0.497 e. The Bertz CT molecular complexity index is 1150. The topological polar surface area (TPSA) is 108 Å². The average Bonchev–Trinajstić information content (AvgIpc) is 2.85. The fourth-order valence-corrected chi connectivity index (χ4v) is 5.74. The van der Waals surface area contributed by atoms with Crippen LogP contribution in [0, 0.1) is 0 Å². The van der Waals surface area contributed by atoms with Gasteiger partial charge < -0.3 is 15.4 Å². The molecule has 2 aliphatic rings. The number of amides is 2. The largest absolute Gasteiger partial charge is 0.497 e. The Balaban J connectivity index is 1.33. The van der Waals surface area contributed by atoms with Crippen LogP contribution >= 0.6 is 0 Å². The third-order valence-electron chi connectivity index (χ3n) is 6.20. The molecule has 0 bridgehead atoms. The van der Waals surface area contributed by atoms with Gasteiger partial charge in [0.1, 0.15) is 5.75 Å². The molecule has 0 atom stereocenters. The van der Waals surface area contributed by atoms with Crippen molar-refractivity contribution in [1.82, 2.24) is 19.8 Å². The van der Waals surface area contributed by atoms with E-state index in [2.05, 4.69) is 21.6 Å². The van der Waals surface area contributed by atoms with E-state index < -0.39 is 10.0 Å². The van der Waals surface area contributed by atoms with Gasteiger partial charge in [0, 0.05) is 44.3 Å². The molecule has 2 amide bonds. The SMILES string of the molecule is COc1cccc(CN2CCC(NC(=O)c3cccc(S(=O)(=O)N4CCNC(=O)C4)c3)CC2)c1. The van der Waals surface area contributed by atoms with E-state index in [0.717, 1.165) is 42.5 Å². The van der Waals surface area contributed by atoms with Crippen molar-refractivity contribution in [1.29, 1.82) is 0 Å². The summed E-state index contributed by atoms with van der Waals surface area (Å²) in [5.74, 6) is 0.216. The number of carbonyl (C=O) groups is 2. The van der Waals surface area contributed by atoms with Crippen molar-refractivity contribution in [2.75, 3.05) is 39.8 Å². The number of hydrogen-bond donors (Lipinski definition) is 2. The molecule has 10 heteroatoms. The zero-order chi connectivity index (χ0) is 24.1. The monoisotopic (exact) mass is 486 g/mol. The van der Waals surface area contributed by atoms with Gasteiger partial charge in [-0.25, -0.2) is 8.42 Å². The van der Waals surface area contributed by atoms with E-state index in [0.29, 0.717) is 5.56 Å². The molecule has 0 saturated carbocycles. The van der Waals surface area contributed by atoms with Gasteiger partial charge in [-0.1, -0.05) is 18.2 Å². The maximum absolute atomic E-state index is 12.9. The number of ether oxygens (including phenoxy) is 1. The van der Waals surface area contributed by atoms with Crippen molar-refractivity contribution in [3.8, 4) is 5.75 Å². The van der Waals surface area contributed by atoms with Crippen molar-refractivity contribution in [3.05, 3.63) is 59.7 Å². The smallest absolute Gasteiger partial charge is 0.251 e. The van der Waals surface area contributed by atoms with Crippen molar-refractivity contribution >= 4 is 21.8 Å². The molecule has 4 rings (SSSR count). The minimum atomic E-state index is -3.85. The van der Waals surface area contributed by atoms with Crippen LogP contribution in [0.5, 0.6) is 5.75 Å². The quantitative estimate of drug-likeness (QED) is 0.609. The fourth-order valence-electron chi connectivity index (χ4n) is 4.30. The van der Waals surface area contributed by atoms with Gasteiger partial charge in [-0.05, 0) is 48.7 Å². The van der Waals surface area contributed by atoms with Crippen molar-refractivity contribution in [2.45, 2.75) is 30.3 Å². The summed E-state index contributed by atoms with van der Waals surface area (Å²) >= 11 is 0. The Labute approximate surface area is 200 Å². The highest BCUT2D eigenvalue weighted by Gasteiger charge is 2.30. The minimum absolute atomic E-state index is 0.0166. The molecule has 2 fully saturated rings. The first-order valence-electron chi connectivity index (χ1n) is 11.4. The summed E-state index contributed by atoms with van der Waals surface area (Å²) < 4.78 is 32.3. The second-order valence-corrected chi connectivity index (χ2v) is 10.5. The molecule has 182 valence electrons. The molecule has 9 nitrogen and oxygen atoms in total. The van der Waals surface area contributed by atoms with Crippen molar-refractivity contribution < 1.29 is 22.7 Å². The second kappa shape index (κ2) is 10.5. The highest BCUT2D eigenvalue weighted by molar-refractivity contribution is 7.89. The Morgan fingerprint density at radius 3 is 2.62 bits per heavy atom. The molecule has 2 aromatic carbocycles. The molecule has 2 saturated heterocycles. The Hall–Kier alpha value is -2.95. The highest BCUT2D eigenvalue weighted by atomic mass is 32.2. The first-order chi connectivity index (χ1) is 16.3. The maximum Gasteiger partial charge on any atom is 0.251 e. The van der Waals surface area contributed by atoms with Crippen LogP contribution in [-0.2, 0) is 21.4 Å². The predicted molar refractivity (Wildman–Crippen MR) is 127 cm³/mol. The van der Waals surface area contributed by atoms with Crippen LogP contribution in [0.2, 0.25) is 0 Å². The third kappa shape index (κ3) is 5.75. The number of benzene rings is 2. The molecule has 34 heavy (non-hydrogen) atoms. The zero-order valence-electron chi connectivity index (χ0n) is 19.2. The summed E-state index contributed by atoms with van der Waals surface area (Å²) in [6.45, 7) is 2.80. The summed E-state index contributed by atoms with van der Waals surface area (Å²) in [6.07, 6.45) is 1.63. The molecular formula is C24H30N4O5S. The number of nitrogens with zero attached hydrogens (tertiary/aromatic N) is 2. The van der Waals surface area contributed by atoms with Gasteiger partial charge in [0.15, 0.2) is 0 Å². The van der Waals surface area contributed by atoms with Crippen molar-refractivity contribution in [3.63, 3.8) is 0 Å². The summed E-state index contributed by atoms with van der Waals surface area (Å²) in [5, 5.41) is 5.66. The van der Waals surface area contributed by atoms with Crippen LogP contribution in [0.4, 0.5) is 0 Å². The molecule has 0 unspecified atom stereocenters. The lowest BCUT2D eigenvalue weighted by Crippen LogP contribution is -2.49. The number of piperidine rings is 1. The lowest BCUT2D eigenvalue weighted by atomic mass is 10.0. The van der Waals surface area contributed by atoms with Crippen molar-refractivity contribution in [2.24, 2.45) is 0 Å². The van der Waals surface area contributed by atoms with Gasteiger partial charge >= 0.3 is 0 Å². The first-order valence-corrected chi connectivity index (χ1v) is 12.8. The Kier molecular flexibility index (Phi) is 7.50. The third-order valence-corrected chi connectivity index (χ3v) is 8.04. The first kappa shape index (κ1) is 24.2. The standard InChI is InChI=1S/C24H30N4O5S/c1-33-21-6-2-4-18(14-21)16-27-11-8-20(9-12-27)26-24(30)19-5-3-7-22(15-19)34(31,32)28-13-10-25-23(29)17-28/h2-7,14-15,20H,8-13,16-17H2,1H3,(H,25,29)(H,26,30). The second-order valence-electron chi connectivity index (χ2n) is 8.59. The summed E-state index contributed by atoms with van der Waals surface area (Å²) in [6, 6.07) is 14.0. The highest BCUT2D eigenvalue weighted by Crippen LogP contribution is 2.20. The van der Waals surface area contributed by atoms with Crippen LogP contribution in [0.1, 0.15) is 28.8 Å². The van der Waals surface area contributed by atoms with Gasteiger partial charge in [0.25, 0.3) is 5.91 Å². The number of carbonyl (C=O) groups excluding carboxylic acids is 2. The van der Waals surface area contributed by atoms with Gasteiger partial charge in [-0.15, -0.1) is 0 Å². The normalized spacial score (nSPS) is 18.3. The van der Waals surface area contributed by atoms with Crippen LogP contribution in [0.3, 0.4) is 0 Å². The summed E-state index contributed by atoms with van der Waals surface area (Å²) in [7, 11) is -2.19. The number of piperazine rings is 1. The Morgan fingerprint density at radius 2 is 1.88 bits per heavy atom. The average molecular weight is 487 g/mol. The molecule has 2 aromatic rings. The fraction of sp³-hybridized carbons (Fsp3) is 0.417. The molecular weight excluding hydrogens is 456 g/mol. The lowest BCUT2D eigenvalue weighted by molar-refractivity contribution is -0.122. The van der Waals surface area contributed by atoms with E-state index in [9.17, 15) is 18.0 Å². The number of hydrogen-bond acceptors (Lipinski definition) is 6. The molecule has 2 heterocycles. The predicted octanol–water partition coefficient (Wildman–Crippen LogP) is 1.21. The number of likely N-dealkylation sites (tertiary alicyclic amines) is 1. The van der Waals surface area contributed by atoms with Crippen LogP contribution in [0.15, 0.2) is 53.4 Å². The van der Waals surface area contributed by atoms with Crippen LogP contribution in [0.25, 0.3) is 0 Å². The van der Waals surface area contributed by atoms with Gasteiger partial charge in [0.05, 0.1) is 18.6 Å². The number of sulfonamides is 1. The molecule has 0 aromatic heterocycles. The molecule has 0 spiro atoms. The Morgan fingerprint density at radius 1 is 1.12 bits per heavy atom. The van der Waals surface area contributed by atoms with Crippen LogP contribution in [-0.4, -0.2) is 75.3 Å². The summed E-state index contributed by atoms with van der Waals surface area (Å²) in [4.78, 5) is 26.8. The molecule has 0 aliphatic carbocycles. The number of methoxy groups -OCH3 is 1. The van der Waals surface area contributed by atoms with Gasteiger partial charge in [-0.3, -0.25) is 14.5 Å². The number of nitrogens with one attached hydrogen (secondary N) is 2. The van der Waals surface area contributed by atoms with Crippen LogP contribution < -0.4 is 15.4 Å². The van der Waals surface area contributed by atoms with Gasteiger partial charge in [-0.2, -0.15) is 4.31 Å². The maximum atomic E-state index is 12.9. The molecule has 2 N–H and O–H groups in total. The molecule has 2 aliphatic heterocycles. The van der Waals surface area contributed by atoms with E-state index in [-0.39, 0.29) is 42.4 Å². The summed E-state index contributed by atoms with van der Waals surface area (Å²) in [5.41, 5.74) is 1.48. The van der Waals surface area contributed by atoms with E-state index in [1.54, 1.807) is 19.2 Å². The van der Waals surface area contributed by atoms with E-state index in [4.69, 9.17) is 4.74 Å². The van der Waals surface area contributed by atoms with E-state index >= 15 is 0 Å². The van der Waals surface area contributed by atoms with Gasteiger partial charge in [0.2, 0.25) is 15.9 Å². The lowest BCUT2D eigenvalue weighted by Gasteiger charge is -2.32. The molecule has 0 radical (unpaired) electrons. The zero-order valence-corrected chi connectivity index (χ0v) is 20.0. The van der Waals surface area contributed by atoms with E-state index in [1.165, 1.54) is 17.7 Å². The number of rotatable bonds is 7. The van der Waals surface area contributed by atoms with E-state index in [1.807, 2.05) is 18.2 Å².